The molecular formula is C11H22BrNOS. The summed E-state index contributed by atoms with van der Waals surface area (Å²) in [5.41, 5.74) is 0.211. The van der Waals surface area contributed by atoms with Gasteiger partial charge in [-0.3, -0.25) is 4.79 Å². The van der Waals surface area contributed by atoms with Crippen molar-refractivity contribution in [2.75, 3.05) is 23.9 Å². The highest BCUT2D eigenvalue weighted by molar-refractivity contribution is 9.09. The Hall–Kier alpha value is 0.300. The summed E-state index contributed by atoms with van der Waals surface area (Å²) in [5.74, 6) is 1.09. The predicted molar refractivity (Wildman–Crippen MR) is 72.8 cm³/mol. The summed E-state index contributed by atoms with van der Waals surface area (Å²) >= 11 is 5.14. The lowest BCUT2D eigenvalue weighted by Crippen LogP contribution is -2.34. The highest BCUT2D eigenvalue weighted by Gasteiger charge is 2.17. The summed E-state index contributed by atoms with van der Waals surface area (Å²) in [6.07, 6.45) is 4.96. The van der Waals surface area contributed by atoms with Gasteiger partial charge < -0.3 is 5.32 Å². The second kappa shape index (κ2) is 8.45. The van der Waals surface area contributed by atoms with Gasteiger partial charge in [0.15, 0.2) is 0 Å². The van der Waals surface area contributed by atoms with Crippen molar-refractivity contribution in [1.82, 2.24) is 5.32 Å². The first kappa shape index (κ1) is 15.3. The lowest BCUT2D eigenvalue weighted by molar-refractivity contribution is -0.121. The van der Waals surface area contributed by atoms with E-state index in [0.29, 0.717) is 6.42 Å². The standard InChI is InChI=1S/C11H22BrNOS/c1-11(2,6-4-7-12)9-13-10(14)5-8-15-3/h4-9H2,1-3H3,(H,13,14). The molecule has 0 aromatic rings. The number of halogens is 1. The molecule has 0 aromatic heterocycles. The number of hydrogen-bond acceptors (Lipinski definition) is 2. The Bertz CT molecular complexity index is 185. The summed E-state index contributed by atoms with van der Waals surface area (Å²) < 4.78 is 0. The lowest BCUT2D eigenvalue weighted by Gasteiger charge is -2.24. The van der Waals surface area contributed by atoms with E-state index in [9.17, 15) is 4.79 Å². The van der Waals surface area contributed by atoms with Gasteiger partial charge in [-0.05, 0) is 24.5 Å². The van der Waals surface area contributed by atoms with E-state index in [2.05, 4.69) is 35.1 Å². The van der Waals surface area contributed by atoms with Crippen molar-refractivity contribution in [2.45, 2.75) is 33.1 Å². The molecule has 0 aliphatic heterocycles. The number of carbonyl (C=O) groups excluding carboxylic acids is 1. The van der Waals surface area contributed by atoms with Crippen molar-refractivity contribution in [3.05, 3.63) is 0 Å². The first-order valence-corrected chi connectivity index (χ1v) is 7.85. The minimum atomic E-state index is 0.177. The number of rotatable bonds is 8. The minimum Gasteiger partial charge on any atom is -0.356 e. The predicted octanol–water partition coefficient (Wildman–Crippen LogP) is 3.06. The van der Waals surface area contributed by atoms with Gasteiger partial charge >= 0.3 is 0 Å². The topological polar surface area (TPSA) is 29.1 Å². The van der Waals surface area contributed by atoms with E-state index in [-0.39, 0.29) is 11.3 Å². The summed E-state index contributed by atoms with van der Waals surface area (Å²) in [4.78, 5) is 11.4. The third-order valence-electron chi connectivity index (χ3n) is 2.28. The Morgan fingerprint density at radius 1 is 1.47 bits per heavy atom. The Morgan fingerprint density at radius 3 is 2.67 bits per heavy atom. The molecule has 0 atom stereocenters. The van der Waals surface area contributed by atoms with Crippen LogP contribution in [-0.4, -0.2) is 29.8 Å². The summed E-state index contributed by atoms with van der Waals surface area (Å²) in [6.45, 7) is 5.18. The van der Waals surface area contributed by atoms with Crippen LogP contribution in [0.25, 0.3) is 0 Å². The van der Waals surface area contributed by atoms with Crippen LogP contribution >= 0.6 is 27.7 Å². The molecule has 0 unspecified atom stereocenters. The van der Waals surface area contributed by atoms with E-state index in [1.165, 1.54) is 0 Å². The Labute approximate surface area is 106 Å². The zero-order chi connectivity index (χ0) is 11.7. The van der Waals surface area contributed by atoms with Crippen LogP contribution in [0.3, 0.4) is 0 Å². The third kappa shape index (κ3) is 9.24. The molecule has 0 spiro atoms. The van der Waals surface area contributed by atoms with Crippen LogP contribution in [0.1, 0.15) is 33.1 Å². The quantitative estimate of drug-likeness (QED) is 0.698. The van der Waals surface area contributed by atoms with Gasteiger partial charge in [-0.25, -0.2) is 0 Å². The molecule has 0 aliphatic carbocycles. The molecule has 2 nitrogen and oxygen atoms in total. The maximum atomic E-state index is 11.4. The molecule has 0 aromatic carbocycles. The van der Waals surface area contributed by atoms with Gasteiger partial charge in [-0.15, -0.1) is 0 Å². The molecule has 0 rings (SSSR count). The van der Waals surface area contributed by atoms with E-state index in [0.717, 1.165) is 30.5 Å². The molecule has 0 bridgehead atoms. The average molecular weight is 296 g/mol. The number of carbonyl (C=O) groups is 1. The number of alkyl halides is 1. The molecule has 15 heavy (non-hydrogen) atoms. The van der Waals surface area contributed by atoms with E-state index in [4.69, 9.17) is 0 Å². The van der Waals surface area contributed by atoms with Crippen LogP contribution in [0, 0.1) is 5.41 Å². The van der Waals surface area contributed by atoms with E-state index < -0.39 is 0 Å². The molecular weight excluding hydrogens is 274 g/mol. The fourth-order valence-electron chi connectivity index (χ4n) is 1.25. The van der Waals surface area contributed by atoms with Gasteiger partial charge in [0, 0.05) is 24.0 Å². The van der Waals surface area contributed by atoms with Crippen molar-refractivity contribution in [1.29, 1.82) is 0 Å². The number of hydrogen-bond donors (Lipinski definition) is 1. The van der Waals surface area contributed by atoms with Gasteiger partial charge in [0.25, 0.3) is 0 Å². The second-order valence-corrected chi connectivity index (χ2v) is 6.25. The van der Waals surface area contributed by atoms with Gasteiger partial charge in [0.1, 0.15) is 0 Å². The van der Waals surface area contributed by atoms with Crippen LogP contribution in [0.2, 0.25) is 0 Å². The zero-order valence-electron chi connectivity index (χ0n) is 9.94. The molecule has 0 saturated carbocycles. The van der Waals surface area contributed by atoms with E-state index in [1.54, 1.807) is 11.8 Å². The highest BCUT2D eigenvalue weighted by Crippen LogP contribution is 2.21. The third-order valence-corrected chi connectivity index (χ3v) is 3.46. The molecule has 4 heteroatoms. The largest absolute Gasteiger partial charge is 0.356 e. The van der Waals surface area contributed by atoms with Gasteiger partial charge in [0.05, 0.1) is 0 Å². The Balaban J connectivity index is 3.67. The monoisotopic (exact) mass is 295 g/mol. The maximum absolute atomic E-state index is 11.4. The zero-order valence-corrected chi connectivity index (χ0v) is 12.3. The smallest absolute Gasteiger partial charge is 0.220 e. The van der Waals surface area contributed by atoms with Crippen LogP contribution in [0.4, 0.5) is 0 Å². The van der Waals surface area contributed by atoms with Crippen molar-refractivity contribution in [3.8, 4) is 0 Å². The first-order chi connectivity index (χ1) is 7.02. The summed E-state index contributed by atoms with van der Waals surface area (Å²) in [5, 5.41) is 4.04. The second-order valence-electron chi connectivity index (χ2n) is 4.48. The van der Waals surface area contributed by atoms with Crippen molar-refractivity contribution >= 4 is 33.6 Å². The van der Waals surface area contributed by atoms with Crippen LogP contribution in [0.5, 0.6) is 0 Å². The summed E-state index contributed by atoms with van der Waals surface area (Å²) in [7, 11) is 0. The molecule has 90 valence electrons. The fourth-order valence-corrected chi connectivity index (χ4v) is 1.92. The molecule has 1 amide bonds. The molecule has 0 radical (unpaired) electrons. The Morgan fingerprint density at radius 2 is 2.13 bits per heavy atom. The first-order valence-electron chi connectivity index (χ1n) is 5.33. The number of amides is 1. The van der Waals surface area contributed by atoms with Crippen LogP contribution in [-0.2, 0) is 4.79 Å². The number of thioether (sulfide) groups is 1. The molecule has 0 saturated heterocycles. The van der Waals surface area contributed by atoms with Gasteiger partial charge in [-0.1, -0.05) is 29.8 Å². The normalized spacial score (nSPS) is 11.5. The molecule has 0 aliphatic rings. The molecule has 0 fully saturated rings. The lowest BCUT2D eigenvalue weighted by atomic mass is 9.88. The van der Waals surface area contributed by atoms with Gasteiger partial charge in [-0.2, -0.15) is 11.8 Å². The van der Waals surface area contributed by atoms with Crippen LogP contribution in [0.15, 0.2) is 0 Å². The van der Waals surface area contributed by atoms with Crippen molar-refractivity contribution < 1.29 is 4.79 Å². The minimum absolute atomic E-state index is 0.177. The van der Waals surface area contributed by atoms with Crippen LogP contribution < -0.4 is 5.32 Å². The van der Waals surface area contributed by atoms with E-state index >= 15 is 0 Å². The molecule has 0 heterocycles. The SMILES string of the molecule is CSCCC(=O)NCC(C)(C)CCCBr. The number of nitrogens with one attached hydrogen (secondary N) is 1. The average Bonchev–Trinajstić information content (AvgIpc) is 2.21. The molecule has 1 N–H and O–H groups in total. The van der Waals surface area contributed by atoms with E-state index in [1.807, 2.05) is 6.26 Å². The van der Waals surface area contributed by atoms with Crippen molar-refractivity contribution in [2.24, 2.45) is 5.41 Å². The highest BCUT2D eigenvalue weighted by atomic mass is 79.9. The van der Waals surface area contributed by atoms with Crippen molar-refractivity contribution in [3.63, 3.8) is 0 Å². The Kier molecular flexibility index (Phi) is 8.62. The fraction of sp³-hybridized carbons (Fsp3) is 0.909. The summed E-state index contributed by atoms with van der Waals surface area (Å²) in [6, 6.07) is 0. The maximum Gasteiger partial charge on any atom is 0.220 e. The van der Waals surface area contributed by atoms with Gasteiger partial charge in [0.2, 0.25) is 5.91 Å².